The maximum atomic E-state index is 13.9. The van der Waals surface area contributed by atoms with Gasteiger partial charge in [-0.3, -0.25) is 10.2 Å². The molecule has 0 aromatic heterocycles. The Hall–Kier alpha value is -3.94. The first kappa shape index (κ1) is 26.7. The van der Waals surface area contributed by atoms with Crippen LogP contribution in [0.1, 0.15) is 42.9 Å². The number of amides is 1. The van der Waals surface area contributed by atoms with Crippen molar-refractivity contribution in [1.29, 1.82) is 0 Å². The van der Waals surface area contributed by atoms with Crippen LogP contribution in [0.5, 0.6) is 5.75 Å². The molecular weight excluding hydrogens is 490 g/mol. The molecule has 2 heterocycles. The summed E-state index contributed by atoms with van der Waals surface area (Å²) in [6.07, 6.45) is 4.11. The molecule has 1 fully saturated rings. The minimum Gasteiger partial charge on any atom is -0.494 e. The van der Waals surface area contributed by atoms with Gasteiger partial charge in [0.15, 0.2) is 11.6 Å². The normalized spacial score (nSPS) is 20.7. The Morgan fingerprint density at radius 2 is 1.69 bits per heavy atom. The Bertz CT molecular complexity index is 1290. The highest BCUT2D eigenvalue weighted by Gasteiger charge is 2.53. The number of hydrogen-bond donors (Lipinski definition) is 2. The number of rotatable bonds is 11. The molecule has 0 bridgehead atoms. The number of carbonyl (C=O) groups is 1. The van der Waals surface area contributed by atoms with Gasteiger partial charge < -0.3 is 14.6 Å². The molecule has 2 aliphatic rings. The number of aliphatic hydroxyl groups is 1. The van der Waals surface area contributed by atoms with Gasteiger partial charge in [0.25, 0.3) is 5.91 Å². The Labute approximate surface area is 229 Å². The lowest BCUT2D eigenvalue weighted by Crippen LogP contribution is -2.53. The van der Waals surface area contributed by atoms with E-state index in [9.17, 15) is 4.79 Å². The number of hydrazine groups is 1. The molecular formula is C32H35N3O4. The van der Waals surface area contributed by atoms with E-state index in [4.69, 9.17) is 19.6 Å². The summed E-state index contributed by atoms with van der Waals surface area (Å²) in [6.45, 7) is 6.12. The summed E-state index contributed by atoms with van der Waals surface area (Å²) < 4.78 is 12.2. The molecule has 0 saturated carbocycles. The molecule has 7 nitrogen and oxygen atoms in total. The zero-order valence-corrected chi connectivity index (χ0v) is 22.1. The van der Waals surface area contributed by atoms with E-state index in [1.165, 1.54) is 0 Å². The lowest BCUT2D eigenvalue weighted by molar-refractivity contribution is -0.133. The number of hydrogen-bond acceptors (Lipinski definition) is 6. The molecule has 0 radical (unpaired) electrons. The molecule has 0 spiro atoms. The van der Waals surface area contributed by atoms with Crippen LogP contribution in [0.25, 0.3) is 11.1 Å². The molecule has 2 aliphatic heterocycles. The maximum absolute atomic E-state index is 13.9. The first-order valence-electron chi connectivity index (χ1n) is 13.6. The monoisotopic (exact) mass is 525 g/mol. The van der Waals surface area contributed by atoms with Gasteiger partial charge in [-0.25, -0.2) is 10.0 Å². The van der Waals surface area contributed by atoms with Crippen molar-refractivity contribution < 1.29 is 19.4 Å². The minimum absolute atomic E-state index is 0.0846. The predicted molar refractivity (Wildman–Crippen MR) is 152 cm³/mol. The summed E-state index contributed by atoms with van der Waals surface area (Å²) in [7, 11) is 0. The molecule has 202 valence electrons. The van der Waals surface area contributed by atoms with Crippen molar-refractivity contribution in [2.45, 2.75) is 37.3 Å². The van der Waals surface area contributed by atoms with E-state index in [0.29, 0.717) is 31.1 Å². The number of nitrogens with zero attached hydrogens (tertiary/aromatic N) is 2. The second-order valence-corrected chi connectivity index (χ2v) is 9.91. The van der Waals surface area contributed by atoms with E-state index >= 15 is 0 Å². The van der Waals surface area contributed by atoms with Crippen molar-refractivity contribution in [3.8, 4) is 16.9 Å². The summed E-state index contributed by atoms with van der Waals surface area (Å²) in [4.78, 5) is 18.9. The summed E-state index contributed by atoms with van der Waals surface area (Å²) >= 11 is 0. The summed E-state index contributed by atoms with van der Waals surface area (Å²) in [5.74, 6) is 0.913. The van der Waals surface area contributed by atoms with Crippen molar-refractivity contribution in [2.24, 2.45) is 4.99 Å². The number of carbonyl (C=O) groups excluding carboxylic acids is 1. The standard InChI is InChI=1S/C32H35N3O4/c1-2-19-32(31(37)34-35-20-6-7-21-35)29(26-13-11-25(12-14-26)24-9-4-3-5-10-24)39-30(33-32)27-15-17-28(18-16-27)38-23-8-22-36/h2-5,9-18,29,36H,1,6-8,19-23H2,(H,34,37)/t29-,32-/m0/s1. The third-order valence-electron chi connectivity index (χ3n) is 7.17. The van der Waals surface area contributed by atoms with Crippen LogP contribution in [0.3, 0.4) is 0 Å². The fourth-order valence-corrected chi connectivity index (χ4v) is 5.09. The van der Waals surface area contributed by atoms with Crippen LogP contribution in [-0.2, 0) is 9.53 Å². The van der Waals surface area contributed by atoms with E-state index in [1.807, 2.05) is 59.6 Å². The average molecular weight is 526 g/mol. The van der Waals surface area contributed by atoms with Gasteiger partial charge >= 0.3 is 0 Å². The largest absolute Gasteiger partial charge is 0.494 e. The van der Waals surface area contributed by atoms with Gasteiger partial charge in [-0.1, -0.05) is 60.7 Å². The highest BCUT2D eigenvalue weighted by atomic mass is 16.5. The van der Waals surface area contributed by atoms with Crippen LogP contribution in [0, 0.1) is 0 Å². The summed E-state index contributed by atoms with van der Waals surface area (Å²) in [5.41, 5.74) is 5.75. The van der Waals surface area contributed by atoms with E-state index in [2.05, 4.69) is 36.3 Å². The van der Waals surface area contributed by atoms with Crippen LogP contribution in [0.15, 0.2) is 96.5 Å². The van der Waals surface area contributed by atoms with E-state index in [0.717, 1.165) is 48.2 Å². The number of aliphatic hydroxyl groups excluding tert-OH is 1. The van der Waals surface area contributed by atoms with Crippen LogP contribution < -0.4 is 10.2 Å². The Morgan fingerprint density at radius 1 is 1.03 bits per heavy atom. The van der Waals surface area contributed by atoms with Crippen molar-refractivity contribution in [1.82, 2.24) is 10.4 Å². The van der Waals surface area contributed by atoms with Gasteiger partial charge in [0.1, 0.15) is 5.75 Å². The second-order valence-electron chi connectivity index (χ2n) is 9.91. The van der Waals surface area contributed by atoms with Gasteiger partial charge in [0, 0.05) is 38.1 Å². The molecule has 1 saturated heterocycles. The second kappa shape index (κ2) is 12.3. The smallest absolute Gasteiger partial charge is 0.266 e. The van der Waals surface area contributed by atoms with Crippen molar-refractivity contribution in [2.75, 3.05) is 26.3 Å². The Kier molecular flexibility index (Phi) is 8.39. The zero-order valence-electron chi connectivity index (χ0n) is 22.1. The van der Waals surface area contributed by atoms with Crippen molar-refractivity contribution in [3.63, 3.8) is 0 Å². The summed E-state index contributed by atoms with van der Waals surface area (Å²) in [6, 6.07) is 25.8. The van der Waals surface area contributed by atoms with Crippen molar-refractivity contribution >= 4 is 11.8 Å². The molecule has 2 N–H and O–H groups in total. The van der Waals surface area contributed by atoms with Crippen LogP contribution in [-0.4, -0.2) is 53.8 Å². The van der Waals surface area contributed by atoms with E-state index < -0.39 is 11.6 Å². The molecule has 39 heavy (non-hydrogen) atoms. The lowest BCUT2D eigenvalue weighted by atomic mass is 9.84. The summed E-state index contributed by atoms with van der Waals surface area (Å²) in [5, 5.41) is 11.0. The number of aliphatic imine (C=N–C) groups is 1. The maximum Gasteiger partial charge on any atom is 0.266 e. The third kappa shape index (κ3) is 5.90. The highest BCUT2D eigenvalue weighted by Crippen LogP contribution is 2.43. The Balaban J connectivity index is 1.47. The van der Waals surface area contributed by atoms with Crippen LogP contribution >= 0.6 is 0 Å². The van der Waals surface area contributed by atoms with Gasteiger partial charge in [0.05, 0.1) is 6.61 Å². The fourth-order valence-electron chi connectivity index (χ4n) is 5.09. The van der Waals surface area contributed by atoms with Gasteiger partial charge in [0.2, 0.25) is 5.90 Å². The molecule has 7 heteroatoms. The van der Waals surface area contributed by atoms with E-state index in [1.54, 1.807) is 6.08 Å². The SMILES string of the molecule is C=CC[C@]1(C(=O)NN2CCCC2)N=C(c2ccc(OCCCO)cc2)O[C@H]1c1ccc(-c2ccccc2)cc1. The van der Waals surface area contributed by atoms with Crippen molar-refractivity contribution in [3.05, 3.63) is 103 Å². The quantitative estimate of drug-likeness (QED) is 0.270. The molecule has 3 aromatic carbocycles. The van der Waals surface area contributed by atoms with Crippen LogP contribution in [0.2, 0.25) is 0 Å². The van der Waals surface area contributed by atoms with Gasteiger partial charge in [-0.15, -0.1) is 6.58 Å². The lowest BCUT2D eigenvalue weighted by Gasteiger charge is -2.31. The minimum atomic E-state index is -1.20. The molecule has 5 rings (SSSR count). The van der Waals surface area contributed by atoms with Gasteiger partial charge in [-0.2, -0.15) is 0 Å². The molecule has 3 aromatic rings. The molecule has 1 amide bonds. The topological polar surface area (TPSA) is 83.4 Å². The Morgan fingerprint density at radius 3 is 2.36 bits per heavy atom. The first-order chi connectivity index (χ1) is 19.1. The first-order valence-corrected chi connectivity index (χ1v) is 13.6. The molecule has 0 aliphatic carbocycles. The number of ether oxygens (including phenoxy) is 2. The van der Waals surface area contributed by atoms with Gasteiger partial charge in [-0.05, 0) is 53.8 Å². The molecule has 0 unspecified atom stereocenters. The third-order valence-corrected chi connectivity index (χ3v) is 7.17. The van der Waals surface area contributed by atoms with Crippen LogP contribution in [0.4, 0.5) is 0 Å². The highest BCUT2D eigenvalue weighted by molar-refractivity contribution is 6.01. The fraction of sp³-hybridized carbons (Fsp3) is 0.312. The average Bonchev–Trinajstić information content (AvgIpc) is 3.63. The number of nitrogens with one attached hydrogen (secondary N) is 1. The predicted octanol–water partition coefficient (Wildman–Crippen LogP) is 5.07. The number of benzene rings is 3. The molecule has 2 atom stereocenters. The zero-order chi connectivity index (χ0) is 27.1. The van der Waals surface area contributed by atoms with E-state index in [-0.39, 0.29) is 12.5 Å².